The van der Waals surface area contributed by atoms with E-state index < -0.39 is 0 Å². The van der Waals surface area contributed by atoms with E-state index in [1.807, 2.05) is 13.8 Å². The Labute approximate surface area is 144 Å². The molecule has 0 aromatic carbocycles. The Morgan fingerprint density at radius 2 is 2.21 bits per heavy atom. The van der Waals surface area contributed by atoms with E-state index in [1.54, 1.807) is 18.4 Å². The minimum atomic E-state index is -0.112. The first-order chi connectivity index (χ1) is 11.6. The number of nitrogens with one attached hydrogen (secondary N) is 1. The lowest BCUT2D eigenvalue weighted by Crippen LogP contribution is -2.10. The number of fused-ring (bicyclic) bond motifs is 1. The zero-order chi connectivity index (χ0) is 16.7. The van der Waals surface area contributed by atoms with Crippen LogP contribution in [0.25, 0.3) is 21.9 Å². The fourth-order valence-corrected chi connectivity index (χ4v) is 3.95. The number of hydrogen-bond donors (Lipinski definition) is 1. The van der Waals surface area contributed by atoms with Gasteiger partial charge in [-0.05, 0) is 31.5 Å². The van der Waals surface area contributed by atoms with Gasteiger partial charge < -0.3 is 13.8 Å². The molecule has 0 aliphatic carbocycles. The van der Waals surface area contributed by atoms with Crippen LogP contribution in [0, 0.1) is 13.8 Å². The third-order valence-corrected chi connectivity index (χ3v) is 5.49. The summed E-state index contributed by atoms with van der Waals surface area (Å²) in [4.78, 5) is 21.4. The minimum absolute atomic E-state index is 0.112. The number of furan rings is 1. The molecule has 0 saturated carbocycles. The van der Waals surface area contributed by atoms with Crippen molar-refractivity contribution >= 4 is 33.3 Å². The fourth-order valence-electron chi connectivity index (χ4n) is 2.27. The lowest BCUT2D eigenvalue weighted by molar-refractivity contribution is 0.447. The summed E-state index contributed by atoms with van der Waals surface area (Å²) in [5.41, 5.74) is 0.877. The van der Waals surface area contributed by atoms with Gasteiger partial charge in [0.2, 0.25) is 0 Å². The van der Waals surface area contributed by atoms with Crippen LogP contribution in [0.15, 0.2) is 37.2 Å². The molecular weight excluding hydrogens is 348 g/mol. The number of rotatable bonds is 4. The monoisotopic (exact) mass is 360 g/mol. The molecule has 4 rings (SSSR count). The number of hydrogen-bond acceptors (Lipinski definition) is 8. The number of H-pyrrole nitrogens is 1. The van der Waals surface area contributed by atoms with Crippen molar-refractivity contribution in [2.75, 3.05) is 0 Å². The van der Waals surface area contributed by atoms with Gasteiger partial charge in [-0.15, -0.1) is 21.5 Å². The van der Waals surface area contributed by atoms with E-state index in [0.29, 0.717) is 33.8 Å². The Morgan fingerprint density at radius 1 is 1.33 bits per heavy atom. The first kappa shape index (κ1) is 15.2. The highest BCUT2D eigenvalue weighted by Crippen LogP contribution is 2.28. The molecular formula is C15H12N4O3S2. The SMILES string of the molecule is Cc1sc2nc(CSc3nnc(-c4ccco4)o3)[nH]c(=O)c2c1C. The minimum Gasteiger partial charge on any atom is -0.459 e. The van der Waals surface area contributed by atoms with E-state index in [9.17, 15) is 4.79 Å². The predicted molar refractivity (Wildman–Crippen MR) is 91.3 cm³/mol. The largest absolute Gasteiger partial charge is 0.459 e. The Balaban J connectivity index is 1.56. The van der Waals surface area contributed by atoms with Gasteiger partial charge >= 0.3 is 0 Å². The summed E-state index contributed by atoms with van der Waals surface area (Å²) < 4.78 is 10.7. The maximum absolute atomic E-state index is 12.2. The standard InChI is InChI=1S/C15H12N4O3S2/c1-7-8(2)24-14-11(7)12(20)16-10(17-14)6-23-15-19-18-13(22-15)9-4-3-5-21-9/h3-5H,6H2,1-2H3,(H,16,17,20). The van der Waals surface area contributed by atoms with E-state index in [0.717, 1.165) is 15.3 Å². The number of aromatic nitrogens is 4. The summed E-state index contributed by atoms with van der Waals surface area (Å²) in [6, 6.07) is 3.50. The van der Waals surface area contributed by atoms with Crippen molar-refractivity contribution in [2.24, 2.45) is 0 Å². The molecule has 0 aliphatic rings. The van der Waals surface area contributed by atoms with Gasteiger partial charge in [0.05, 0.1) is 17.4 Å². The zero-order valence-corrected chi connectivity index (χ0v) is 14.5. The highest BCUT2D eigenvalue weighted by Gasteiger charge is 2.14. The van der Waals surface area contributed by atoms with Crippen LogP contribution in [0.5, 0.6) is 0 Å². The molecule has 0 bridgehead atoms. The number of aryl methyl sites for hydroxylation is 2. The molecule has 4 aromatic rings. The summed E-state index contributed by atoms with van der Waals surface area (Å²) in [5, 5.41) is 8.95. The third kappa shape index (κ3) is 2.65. The van der Waals surface area contributed by atoms with Gasteiger partial charge in [0.25, 0.3) is 16.7 Å². The van der Waals surface area contributed by atoms with Gasteiger partial charge in [-0.1, -0.05) is 11.8 Å². The summed E-state index contributed by atoms with van der Waals surface area (Å²) >= 11 is 2.84. The van der Waals surface area contributed by atoms with Crippen LogP contribution >= 0.6 is 23.1 Å². The van der Waals surface area contributed by atoms with E-state index >= 15 is 0 Å². The molecule has 0 fully saturated rings. The maximum atomic E-state index is 12.2. The second kappa shape index (κ2) is 5.91. The van der Waals surface area contributed by atoms with Crippen LogP contribution < -0.4 is 5.56 Å². The van der Waals surface area contributed by atoms with Crippen LogP contribution in [0.2, 0.25) is 0 Å². The van der Waals surface area contributed by atoms with Gasteiger partial charge in [-0.2, -0.15) is 0 Å². The van der Waals surface area contributed by atoms with E-state index in [-0.39, 0.29) is 5.56 Å². The van der Waals surface area contributed by atoms with Crippen LogP contribution in [-0.4, -0.2) is 20.2 Å². The molecule has 4 heterocycles. The molecule has 0 unspecified atom stereocenters. The van der Waals surface area contributed by atoms with Gasteiger partial charge in [0.1, 0.15) is 10.7 Å². The molecule has 0 radical (unpaired) electrons. The molecule has 0 saturated heterocycles. The first-order valence-corrected chi connectivity index (χ1v) is 8.91. The average molecular weight is 360 g/mol. The molecule has 9 heteroatoms. The molecule has 4 aromatic heterocycles. The Hall–Kier alpha value is -2.39. The summed E-state index contributed by atoms with van der Waals surface area (Å²) in [6.07, 6.45) is 1.54. The van der Waals surface area contributed by atoms with E-state index in [4.69, 9.17) is 8.83 Å². The topological polar surface area (TPSA) is 97.8 Å². The Bertz CT molecular complexity index is 1060. The van der Waals surface area contributed by atoms with Crippen molar-refractivity contribution in [3.05, 3.63) is 45.0 Å². The van der Waals surface area contributed by atoms with Crippen LogP contribution in [0.3, 0.4) is 0 Å². The third-order valence-electron chi connectivity index (χ3n) is 3.56. The van der Waals surface area contributed by atoms with Crippen LogP contribution in [0.4, 0.5) is 0 Å². The van der Waals surface area contributed by atoms with E-state index in [1.165, 1.54) is 23.1 Å². The van der Waals surface area contributed by atoms with E-state index in [2.05, 4.69) is 20.2 Å². The normalized spacial score (nSPS) is 11.4. The lowest BCUT2D eigenvalue weighted by atomic mass is 10.2. The zero-order valence-electron chi connectivity index (χ0n) is 12.8. The lowest BCUT2D eigenvalue weighted by Gasteiger charge is -1.98. The molecule has 122 valence electrons. The second-order valence-electron chi connectivity index (χ2n) is 5.12. The van der Waals surface area contributed by atoms with Crippen LogP contribution in [0.1, 0.15) is 16.3 Å². The molecule has 0 amide bonds. The summed E-state index contributed by atoms with van der Waals surface area (Å²) in [5.74, 6) is 1.85. The fraction of sp³-hybridized carbons (Fsp3) is 0.200. The number of thioether (sulfide) groups is 1. The first-order valence-electron chi connectivity index (χ1n) is 7.11. The van der Waals surface area contributed by atoms with Gasteiger partial charge in [-0.25, -0.2) is 4.98 Å². The highest BCUT2D eigenvalue weighted by molar-refractivity contribution is 7.98. The van der Waals surface area contributed by atoms with Gasteiger partial charge in [-0.3, -0.25) is 4.79 Å². The molecule has 24 heavy (non-hydrogen) atoms. The predicted octanol–water partition coefficient (Wildman–Crippen LogP) is 3.54. The number of thiophene rings is 1. The van der Waals surface area contributed by atoms with Gasteiger partial charge in [0, 0.05) is 4.88 Å². The van der Waals surface area contributed by atoms with Crippen molar-refractivity contribution in [2.45, 2.75) is 24.8 Å². The number of aromatic amines is 1. The average Bonchev–Trinajstić information content (AvgIpc) is 3.27. The molecule has 0 aliphatic heterocycles. The van der Waals surface area contributed by atoms with Gasteiger partial charge in [0.15, 0.2) is 5.76 Å². The molecule has 7 nitrogen and oxygen atoms in total. The van der Waals surface area contributed by atoms with Crippen molar-refractivity contribution in [3.8, 4) is 11.7 Å². The highest BCUT2D eigenvalue weighted by atomic mass is 32.2. The summed E-state index contributed by atoms with van der Waals surface area (Å²) in [6.45, 7) is 3.93. The van der Waals surface area contributed by atoms with Crippen molar-refractivity contribution in [3.63, 3.8) is 0 Å². The van der Waals surface area contributed by atoms with Crippen molar-refractivity contribution < 1.29 is 8.83 Å². The molecule has 1 N–H and O–H groups in total. The Kier molecular flexibility index (Phi) is 3.73. The molecule has 0 spiro atoms. The quantitative estimate of drug-likeness (QED) is 0.556. The Morgan fingerprint density at radius 3 is 3.00 bits per heavy atom. The number of nitrogens with zero attached hydrogens (tertiary/aromatic N) is 3. The van der Waals surface area contributed by atoms with Crippen molar-refractivity contribution in [1.29, 1.82) is 0 Å². The van der Waals surface area contributed by atoms with Crippen molar-refractivity contribution in [1.82, 2.24) is 20.2 Å². The summed E-state index contributed by atoms with van der Waals surface area (Å²) in [7, 11) is 0. The van der Waals surface area contributed by atoms with Crippen LogP contribution in [-0.2, 0) is 5.75 Å². The second-order valence-corrected chi connectivity index (χ2v) is 7.24. The molecule has 0 atom stereocenters. The smallest absolute Gasteiger partial charge is 0.284 e. The maximum Gasteiger partial charge on any atom is 0.284 e.